The number of nitrogens with one attached hydrogen (secondary N) is 1. The molecule has 0 bridgehead atoms. The molecule has 1 aromatic heterocycles. The van der Waals surface area contributed by atoms with Crippen LogP contribution in [0, 0.1) is 6.92 Å². The highest BCUT2D eigenvalue weighted by Gasteiger charge is 2.21. The van der Waals surface area contributed by atoms with Crippen LogP contribution in [0.25, 0.3) is 11.0 Å². The Morgan fingerprint density at radius 3 is 2.78 bits per heavy atom. The summed E-state index contributed by atoms with van der Waals surface area (Å²) in [4.78, 5) is 0. The molecule has 0 atom stereocenters. The molecule has 1 heterocycles. The lowest BCUT2D eigenvalue weighted by Gasteiger charge is -2.07. The minimum absolute atomic E-state index is 0.537. The molecule has 1 aliphatic rings. The average Bonchev–Trinajstić information content (AvgIpc) is 3.05. The molecule has 2 heteroatoms. The molecule has 1 N–H and O–H groups in total. The van der Waals surface area contributed by atoms with Gasteiger partial charge in [0.2, 0.25) is 0 Å². The molecule has 1 saturated carbocycles. The van der Waals surface area contributed by atoms with Crippen molar-refractivity contribution < 1.29 is 4.42 Å². The summed E-state index contributed by atoms with van der Waals surface area (Å²) < 4.78 is 6.01. The maximum Gasteiger partial charge on any atom is 0.137 e. The lowest BCUT2D eigenvalue weighted by Crippen LogP contribution is -2.14. The fraction of sp³-hybridized carbons (Fsp3) is 0.500. The van der Waals surface area contributed by atoms with E-state index in [1.54, 1.807) is 0 Å². The van der Waals surface area contributed by atoms with Crippen LogP contribution in [0.1, 0.15) is 49.5 Å². The first-order valence-electron chi connectivity index (χ1n) is 6.90. The Bertz CT molecular complexity index is 564. The standard InChI is InChI=1S/C16H21NO/c1-10(2)14-7-4-11(3)16-15(14)8-13(18-16)9-17-12-5-6-12/h4,7-8,10,12,17H,5-6,9H2,1-3H3. The van der Waals surface area contributed by atoms with E-state index >= 15 is 0 Å². The highest BCUT2D eigenvalue weighted by Crippen LogP contribution is 2.31. The zero-order valence-corrected chi connectivity index (χ0v) is 11.4. The van der Waals surface area contributed by atoms with E-state index in [0.717, 1.165) is 23.9 Å². The molecule has 0 amide bonds. The van der Waals surface area contributed by atoms with Crippen LogP contribution in [-0.2, 0) is 6.54 Å². The summed E-state index contributed by atoms with van der Waals surface area (Å²) in [5, 5.41) is 4.80. The van der Waals surface area contributed by atoms with Gasteiger partial charge in [-0.15, -0.1) is 0 Å². The number of rotatable bonds is 4. The minimum Gasteiger partial charge on any atom is -0.459 e. The molecule has 96 valence electrons. The molecule has 1 aromatic carbocycles. The van der Waals surface area contributed by atoms with Gasteiger partial charge >= 0.3 is 0 Å². The van der Waals surface area contributed by atoms with E-state index in [-0.39, 0.29) is 0 Å². The Hall–Kier alpha value is -1.28. The molecule has 0 unspecified atom stereocenters. The summed E-state index contributed by atoms with van der Waals surface area (Å²) in [7, 11) is 0. The van der Waals surface area contributed by atoms with Gasteiger partial charge < -0.3 is 9.73 Å². The lowest BCUT2D eigenvalue weighted by molar-refractivity contribution is 0.511. The van der Waals surface area contributed by atoms with Crippen molar-refractivity contribution >= 4 is 11.0 Å². The summed E-state index contributed by atoms with van der Waals surface area (Å²) in [6.45, 7) is 7.45. The summed E-state index contributed by atoms with van der Waals surface area (Å²) in [5.74, 6) is 1.60. The number of fused-ring (bicyclic) bond motifs is 1. The topological polar surface area (TPSA) is 25.2 Å². The Kier molecular flexibility index (Phi) is 2.90. The predicted octanol–water partition coefficient (Wildman–Crippen LogP) is 4.12. The van der Waals surface area contributed by atoms with Crippen molar-refractivity contribution in [3.63, 3.8) is 0 Å². The molecule has 2 aromatic rings. The summed E-state index contributed by atoms with van der Waals surface area (Å²) in [6, 6.07) is 7.34. The first-order chi connectivity index (χ1) is 8.65. The quantitative estimate of drug-likeness (QED) is 0.874. The molecule has 18 heavy (non-hydrogen) atoms. The number of benzene rings is 1. The molecule has 1 fully saturated rings. The fourth-order valence-corrected chi connectivity index (χ4v) is 2.45. The van der Waals surface area contributed by atoms with Crippen molar-refractivity contribution in [2.45, 2.75) is 52.1 Å². The normalized spacial score (nSPS) is 15.8. The molecule has 0 radical (unpaired) electrons. The maximum atomic E-state index is 6.01. The lowest BCUT2D eigenvalue weighted by atomic mass is 9.97. The summed E-state index contributed by atoms with van der Waals surface area (Å²) in [5.41, 5.74) is 3.68. The van der Waals surface area contributed by atoms with Gasteiger partial charge in [-0.3, -0.25) is 0 Å². The van der Waals surface area contributed by atoms with Crippen molar-refractivity contribution in [2.75, 3.05) is 0 Å². The van der Waals surface area contributed by atoms with Gasteiger partial charge in [0.1, 0.15) is 11.3 Å². The molecule has 2 nitrogen and oxygen atoms in total. The second kappa shape index (κ2) is 4.43. The average molecular weight is 243 g/mol. The number of hydrogen-bond donors (Lipinski definition) is 1. The zero-order valence-electron chi connectivity index (χ0n) is 11.4. The second-order valence-corrected chi connectivity index (χ2v) is 5.74. The second-order valence-electron chi connectivity index (χ2n) is 5.74. The van der Waals surface area contributed by atoms with E-state index in [0.29, 0.717) is 5.92 Å². The zero-order chi connectivity index (χ0) is 12.7. The van der Waals surface area contributed by atoms with E-state index in [9.17, 15) is 0 Å². The van der Waals surface area contributed by atoms with Crippen LogP contribution in [0.15, 0.2) is 22.6 Å². The van der Waals surface area contributed by atoms with E-state index in [4.69, 9.17) is 4.42 Å². The smallest absolute Gasteiger partial charge is 0.137 e. The number of aryl methyl sites for hydroxylation is 1. The van der Waals surface area contributed by atoms with Crippen LogP contribution in [0.2, 0.25) is 0 Å². The van der Waals surface area contributed by atoms with E-state index < -0.39 is 0 Å². The first kappa shape index (κ1) is 11.8. The Morgan fingerprint density at radius 2 is 2.11 bits per heavy atom. The Morgan fingerprint density at radius 1 is 1.33 bits per heavy atom. The van der Waals surface area contributed by atoms with Crippen LogP contribution in [-0.4, -0.2) is 6.04 Å². The van der Waals surface area contributed by atoms with Gasteiger partial charge in [-0.2, -0.15) is 0 Å². The highest BCUT2D eigenvalue weighted by atomic mass is 16.3. The van der Waals surface area contributed by atoms with Crippen molar-refractivity contribution in [1.29, 1.82) is 0 Å². The monoisotopic (exact) mass is 243 g/mol. The highest BCUT2D eigenvalue weighted by molar-refractivity contribution is 5.85. The first-order valence-corrected chi connectivity index (χ1v) is 6.90. The summed E-state index contributed by atoms with van der Waals surface area (Å²) in [6.07, 6.45) is 2.63. The van der Waals surface area contributed by atoms with Crippen LogP contribution in [0.4, 0.5) is 0 Å². The molecular formula is C16H21NO. The molecular weight excluding hydrogens is 222 g/mol. The van der Waals surface area contributed by atoms with Crippen molar-refractivity contribution in [2.24, 2.45) is 0 Å². The van der Waals surface area contributed by atoms with Gasteiger partial charge in [0.05, 0.1) is 6.54 Å². The minimum atomic E-state index is 0.537. The number of furan rings is 1. The van der Waals surface area contributed by atoms with Gasteiger partial charge in [0, 0.05) is 11.4 Å². The maximum absolute atomic E-state index is 6.01. The third kappa shape index (κ3) is 2.17. The predicted molar refractivity (Wildman–Crippen MR) is 74.9 cm³/mol. The van der Waals surface area contributed by atoms with Gasteiger partial charge in [0.15, 0.2) is 0 Å². The van der Waals surface area contributed by atoms with E-state index in [1.807, 2.05) is 0 Å². The van der Waals surface area contributed by atoms with E-state index in [2.05, 4.69) is 44.3 Å². The number of hydrogen-bond acceptors (Lipinski definition) is 2. The van der Waals surface area contributed by atoms with Crippen LogP contribution in [0.5, 0.6) is 0 Å². The van der Waals surface area contributed by atoms with Gasteiger partial charge in [-0.05, 0) is 42.9 Å². The van der Waals surface area contributed by atoms with Crippen molar-refractivity contribution in [1.82, 2.24) is 5.32 Å². The summed E-state index contributed by atoms with van der Waals surface area (Å²) >= 11 is 0. The van der Waals surface area contributed by atoms with Gasteiger partial charge in [-0.25, -0.2) is 0 Å². The molecule has 0 saturated heterocycles. The molecule has 0 spiro atoms. The van der Waals surface area contributed by atoms with Crippen molar-refractivity contribution in [3.05, 3.63) is 35.1 Å². The Balaban J connectivity index is 1.97. The van der Waals surface area contributed by atoms with Crippen LogP contribution >= 0.6 is 0 Å². The van der Waals surface area contributed by atoms with E-state index in [1.165, 1.54) is 29.4 Å². The molecule has 3 rings (SSSR count). The van der Waals surface area contributed by atoms with Crippen molar-refractivity contribution in [3.8, 4) is 0 Å². The van der Waals surface area contributed by atoms with Crippen LogP contribution in [0.3, 0.4) is 0 Å². The third-order valence-electron chi connectivity index (χ3n) is 3.73. The van der Waals surface area contributed by atoms with Gasteiger partial charge in [-0.1, -0.05) is 26.0 Å². The third-order valence-corrected chi connectivity index (χ3v) is 3.73. The Labute approximate surface area is 108 Å². The fourth-order valence-electron chi connectivity index (χ4n) is 2.45. The molecule has 1 aliphatic carbocycles. The molecule has 0 aliphatic heterocycles. The SMILES string of the molecule is Cc1ccc(C(C)C)c2cc(CNC3CC3)oc12. The largest absolute Gasteiger partial charge is 0.459 e. The van der Waals surface area contributed by atoms with Crippen LogP contribution < -0.4 is 5.32 Å². The van der Waals surface area contributed by atoms with Gasteiger partial charge in [0.25, 0.3) is 0 Å².